The molecule has 0 saturated carbocycles. The predicted molar refractivity (Wildman–Crippen MR) is 97.9 cm³/mol. The number of hydrogen-bond donors (Lipinski definition) is 2. The smallest absolute Gasteiger partial charge is 0.254 e. The number of amides is 1. The van der Waals surface area contributed by atoms with Crippen LogP contribution in [0.1, 0.15) is 28.1 Å². The van der Waals surface area contributed by atoms with Gasteiger partial charge in [-0.1, -0.05) is 12.1 Å². The molecule has 0 aliphatic carbocycles. The van der Waals surface area contributed by atoms with E-state index < -0.39 is 10.0 Å². The van der Waals surface area contributed by atoms with Gasteiger partial charge in [0.1, 0.15) is 0 Å². The lowest BCUT2D eigenvalue weighted by atomic mass is 10.1. The average Bonchev–Trinajstić information content (AvgIpc) is 3.30. The van der Waals surface area contributed by atoms with Crippen molar-refractivity contribution in [3.63, 3.8) is 0 Å². The summed E-state index contributed by atoms with van der Waals surface area (Å²) >= 11 is 1.49. The molecule has 8 heteroatoms. The summed E-state index contributed by atoms with van der Waals surface area (Å²) in [6.45, 7) is 1.32. The second-order valence-corrected chi connectivity index (χ2v) is 8.76. The molecule has 0 radical (unpaired) electrons. The first-order valence-electron chi connectivity index (χ1n) is 8.14. The highest BCUT2D eigenvalue weighted by Gasteiger charge is 2.28. The molecule has 6 nitrogen and oxygen atoms in total. The van der Waals surface area contributed by atoms with Crippen LogP contribution in [-0.4, -0.2) is 38.4 Å². The summed E-state index contributed by atoms with van der Waals surface area (Å²) in [7, 11) is -3.67. The normalized spacial score (nSPS) is 17.8. The highest BCUT2D eigenvalue weighted by molar-refractivity contribution is 7.89. The first kappa shape index (κ1) is 18.1. The maximum atomic E-state index is 12.7. The van der Waals surface area contributed by atoms with Crippen molar-refractivity contribution >= 4 is 27.3 Å². The van der Waals surface area contributed by atoms with Crippen LogP contribution < -0.4 is 10.5 Å². The summed E-state index contributed by atoms with van der Waals surface area (Å²) < 4.78 is 27.6. The lowest BCUT2D eigenvalue weighted by Gasteiger charge is -2.23. The Hall–Kier alpha value is -1.74. The summed E-state index contributed by atoms with van der Waals surface area (Å²) in [6.07, 6.45) is 1.82. The van der Waals surface area contributed by atoms with E-state index >= 15 is 0 Å². The number of likely N-dealkylation sites (tertiary alicyclic amines) is 1. The van der Waals surface area contributed by atoms with Crippen LogP contribution in [0.4, 0.5) is 0 Å². The van der Waals surface area contributed by atoms with Crippen LogP contribution in [0.2, 0.25) is 0 Å². The molecule has 1 fully saturated rings. The Morgan fingerprint density at radius 1 is 1.32 bits per heavy atom. The molecular weight excluding hydrogens is 358 g/mol. The Labute approximate surface area is 151 Å². The summed E-state index contributed by atoms with van der Waals surface area (Å²) in [5.41, 5.74) is 6.10. The molecule has 1 aromatic carbocycles. The number of nitrogens with one attached hydrogen (secondary N) is 1. The van der Waals surface area contributed by atoms with Crippen molar-refractivity contribution in [2.75, 3.05) is 13.1 Å². The van der Waals surface area contributed by atoms with Crippen LogP contribution in [-0.2, 0) is 16.6 Å². The van der Waals surface area contributed by atoms with Gasteiger partial charge in [-0.3, -0.25) is 4.79 Å². The topological polar surface area (TPSA) is 92.5 Å². The van der Waals surface area contributed by atoms with E-state index in [0.29, 0.717) is 18.7 Å². The summed E-state index contributed by atoms with van der Waals surface area (Å²) in [4.78, 5) is 15.5. The molecule has 1 amide bonds. The minimum atomic E-state index is -3.67. The molecule has 2 aromatic rings. The van der Waals surface area contributed by atoms with Gasteiger partial charge in [-0.25, -0.2) is 13.1 Å². The van der Waals surface area contributed by atoms with Gasteiger partial charge >= 0.3 is 0 Å². The van der Waals surface area contributed by atoms with Crippen molar-refractivity contribution in [1.82, 2.24) is 9.62 Å². The van der Waals surface area contributed by atoms with Gasteiger partial charge in [0.2, 0.25) is 10.0 Å². The number of benzene rings is 1. The van der Waals surface area contributed by atoms with Crippen LogP contribution in [0, 0.1) is 0 Å². The number of nitrogens with two attached hydrogens (primary N) is 1. The standard InChI is InChI=1S/C17H21N3O3S2/c18-11-14-5-2-8-20(14)17(21)13-4-1-7-16(10-13)25(22,23)19-12-15-6-3-9-24-15/h1,3-4,6-7,9-10,14,19H,2,5,8,11-12,18H2. The fraction of sp³-hybridized carbons (Fsp3) is 0.353. The van der Waals surface area contributed by atoms with Crippen LogP contribution in [0.3, 0.4) is 0 Å². The summed E-state index contributed by atoms with van der Waals surface area (Å²) in [5, 5.41) is 1.90. The number of carbonyl (C=O) groups is 1. The minimum absolute atomic E-state index is 0.0321. The average molecular weight is 380 g/mol. The van der Waals surface area contributed by atoms with Gasteiger partial charge in [0.25, 0.3) is 5.91 Å². The largest absolute Gasteiger partial charge is 0.334 e. The zero-order valence-electron chi connectivity index (χ0n) is 13.7. The molecule has 134 valence electrons. The highest BCUT2D eigenvalue weighted by atomic mass is 32.2. The molecule has 25 heavy (non-hydrogen) atoms. The minimum Gasteiger partial charge on any atom is -0.334 e. The van der Waals surface area contributed by atoms with Crippen molar-refractivity contribution in [3.8, 4) is 0 Å². The molecule has 3 rings (SSSR count). The van der Waals surface area contributed by atoms with E-state index in [1.54, 1.807) is 17.0 Å². The van der Waals surface area contributed by atoms with Gasteiger partial charge in [0.15, 0.2) is 0 Å². The SMILES string of the molecule is NCC1CCCN1C(=O)c1cccc(S(=O)(=O)NCc2cccs2)c1. The van der Waals surface area contributed by atoms with Gasteiger partial charge < -0.3 is 10.6 Å². The monoisotopic (exact) mass is 379 g/mol. The molecule has 3 N–H and O–H groups in total. The quantitative estimate of drug-likeness (QED) is 0.800. The second kappa shape index (κ2) is 7.65. The number of sulfonamides is 1. The molecule has 1 aliphatic rings. The van der Waals surface area contributed by atoms with Gasteiger partial charge in [-0.05, 0) is 42.5 Å². The molecule has 2 heterocycles. The van der Waals surface area contributed by atoms with Crippen LogP contribution in [0.15, 0.2) is 46.7 Å². The Bertz CT molecular complexity index is 835. The van der Waals surface area contributed by atoms with Crippen LogP contribution >= 0.6 is 11.3 Å². The zero-order valence-corrected chi connectivity index (χ0v) is 15.4. The number of hydrogen-bond acceptors (Lipinski definition) is 5. The second-order valence-electron chi connectivity index (χ2n) is 5.96. The Morgan fingerprint density at radius 2 is 2.16 bits per heavy atom. The molecule has 1 saturated heterocycles. The van der Waals surface area contributed by atoms with Crippen molar-refractivity contribution < 1.29 is 13.2 Å². The molecule has 1 aromatic heterocycles. The van der Waals surface area contributed by atoms with E-state index in [4.69, 9.17) is 5.73 Å². The number of nitrogens with zero attached hydrogens (tertiary/aromatic N) is 1. The maximum absolute atomic E-state index is 12.7. The Kier molecular flexibility index (Phi) is 5.53. The fourth-order valence-electron chi connectivity index (χ4n) is 2.97. The van der Waals surface area contributed by atoms with Crippen molar-refractivity contribution in [2.24, 2.45) is 5.73 Å². The third-order valence-corrected chi connectivity index (χ3v) is 6.59. The van der Waals surface area contributed by atoms with Crippen LogP contribution in [0.25, 0.3) is 0 Å². The van der Waals surface area contributed by atoms with E-state index in [-0.39, 0.29) is 23.4 Å². The Balaban J connectivity index is 1.77. The molecule has 1 unspecified atom stereocenters. The fourth-order valence-corrected chi connectivity index (χ4v) is 4.76. The first-order valence-corrected chi connectivity index (χ1v) is 10.5. The van der Waals surface area contributed by atoms with E-state index in [2.05, 4.69) is 4.72 Å². The van der Waals surface area contributed by atoms with Crippen LogP contribution in [0.5, 0.6) is 0 Å². The van der Waals surface area contributed by atoms with E-state index in [0.717, 1.165) is 17.7 Å². The van der Waals surface area contributed by atoms with Gasteiger partial charge in [-0.2, -0.15) is 0 Å². The maximum Gasteiger partial charge on any atom is 0.254 e. The number of rotatable bonds is 6. The van der Waals surface area contributed by atoms with E-state index in [9.17, 15) is 13.2 Å². The van der Waals surface area contributed by atoms with Gasteiger partial charge in [0, 0.05) is 36.1 Å². The first-order chi connectivity index (χ1) is 12.0. The third kappa shape index (κ3) is 4.09. The third-order valence-electron chi connectivity index (χ3n) is 4.32. The molecule has 0 bridgehead atoms. The molecule has 1 aliphatic heterocycles. The van der Waals surface area contributed by atoms with Gasteiger partial charge in [0.05, 0.1) is 4.90 Å². The summed E-state index contributed by atoms with van der Waals surface area (Å²) in [6, 6.07) is 9.95. The molecular formula is C17H21N3O3S2. The lowest BCUT2D eigenvalue weighted by Crippen LogP contribution is -2.40. The van der Waals surface area contributed by atoms with Crippen molar-refractivity contribution in [2.45, 2.75) is 30.3 Å². The highest BCUT2D eigenvalue weighted by Crippen LogP contribution is 2.21. The van der Waals surface area contributed by atoms with Crippen molar-refractivity contribution in [1.29, 1.82) is 0 Å². The summed E-state index contributed by atoms with van der Waals surface area (Å²) in [5.74, 6) is -0.164. The lowest BCUT2D eigenvalue weighted by molar-refractivity contribution is 0.0741. The molecule has 0 spiro atoms. The number of thiophene rings is 1. The molecule has 1 atom stereocenters. The van der Waals surface area contributed by atoms with Crippen molar-refractivity contribution in [3.05, 3.63) is 52.2 Å². The zero-order chi connectivity index (χ0) is 17.9. The van der Waals surface area contributed by atoms with E-state index in [1.165, 1.54) is 23.5 Å². The van der Waals surface area contributed by atoms with E-state index in [1.807, 2.05) is 17.5 Å². The Morgan fingerprint density at radius 3 is 2.88 bits per heavy atom. The predicted octanol–water partition coefficient (Wildman–Crippen LogP) is 1.79. The van der Waals surface area contributed by atoms with Gasteiger partial charge in [-0.15, -0.1) is 11.3 Å². The number of carbonyl (C=O) groups excluding carboxylic acids is 1.